The van der Waals surface area contributed by atoms with E-state index in [0.29, 0.717) is 24.9 Å². The number of nitrogens with one attached hydrogen (secondary N) is 1. The summed E-state index contributed by atoms with van der Waals surface area (Å²) in [4.78, 5) is 11.7. The number of nitrogens with two attached hydrogens (primary N) is 1. The summed E-state index contributed by atoms with van der Waals surface area (Å²) in [6.07, 6.45) is 1.36. The van der Waals surface area contributed by atoms with Crippen molar-refractivity contribution in [2.75, 3.05) is 24.3 Å². The van der Waals surface area contributed by atoms with Crippen molar-refractivity contribution in [1.29, 1.82) is 0 Å². The molecule has 1 aromatic carbocycles. The zero-order chi connectivity index (χ0) is 15.1. The molecular formula is C14H19N5O2. The second-order valence-corrected chi connectivity index (χ2v) is 4.40. The summed E-state index contributed by atoms with van der Waals surface area (Å²) in [5.74, 6) is 2.05. The third kappa shape index (κ3) is 4.48. The summed E-state index contributed by atoms with van der Waals surface area (Å²) in [6, 6.07) is 7.57. The molecule has 0 aliphatic carbocycles. The van der Waals surface area contributed by atoms with Crippen molar-refractivity contribution in [3.63, 3.8) is 0 Å². The summed E-state index contributed by atoms with van der Waals surface area (Å²) < 4.78 is 11.3. The van der Waals surface area contributed by atoms with Crippen LogP contribution >= 0.6 is 0 Å². The zero-order valence-electron chi connectivity index (χ0n) is 12.1. The molecule has 7 heteroatoms. The van der Waals surface area contributed by atoms with Gasteiger partial charge >= 0.3 is 0 Å². The number of nitrogen functional groups attached to an aromatic ring is 1. The Labute approximate surface area is 123 Å². The first-order chi connectivity index (χ1) is 10.2. The van der Waals surface area contributed by atoms with Crippen LogP contribution in [-0.2, 0) is 0 Å². The second-order valence-electron chi connectivity index (χ2n) is 4.40. The fourth-order valence-corrected chi connectivity index (χ4v) is 1.70. The van der Waals surface area contributed by atoms with Crippen LogP contribution in [0.2, 0.25) is 0 Å². The number of nitrogens with zero attached hydrogens (tertiary/aromatic N) is 3. The minimum atomic E-state index is 0.00137. The third-order valence-corrected chi connectivity index (χ3v) is 2.60. The molecule has 0 saturated carbocycles. The second kappa shape index (κ2) is 7.28. The van der Waals surface area contributed by atoms with E-state index in [-0.39, 0.29) is 12.0 Å². The molecule has 1 aromatic heterocycles. The lowest BCUT2D eigenvalue weighted by molar-refractivity contribution is 0.269. The zero-order valence-corrected chi connectivity index (χ0v) is 12.1. The Hall–Kier alpha value is -2.57. The molecule has 0 bridgehead atoms. The molecule has 3 N–H and O–H groups in total. The van der Waals surface area contributed by atoms with Crippen LogP contribution in [0.5, 0.6) is 11.5 Å². The van der Waals surface area contributed by atoms with Crippen LogP contribution in [0.15, 0.2) is 30.6 Å². The fourth-order valence-electron chi connectivity index (χ4n) is 1.70. The van der Waals surface area contributed by atoms with Gasteiger partial charge in [0.05, 0.1) is 12.6 Å². The monoisotopic (exact) mass is 289 g/mol. The van der Waals surface area contributed by atoms with E-state index in [1.165, 1.54) is 6.33 Å². The fraction of sp³-hybridized carbons (Fsp3) is 0.357. The lowest BCUT2D eigenvalue weighted by Crippen LogP contribution is -2.25. The molecule has 0 aliphatic rings. The van der Waals surface area contributed by atoms with Crippen molar-refractivity contribution in [2.45, 2.75) is 19.9 Å². The van der Waals surface area contributed by atoms with Gasteiger partial charge in [-0.25, -0.2) is 9.97 Å². The molecule has 0 radical (unpaired) electrons. The highest BCUT2D eigenvalue weighted by atomic mass is 16.5. The lowest BCUT2D eigenvalue weighted by atomic mass is 10.3. The van der Waals surface area contributed by atoms with Crippen LogP contribution in [0.1, 0.15) is 13.8 Å². The van der Waals surface area contributed by atoms with E-state index in [4.69, 9.17) is 15.2 Å². The van der Waals surface area contributed by atoms with Crippen molar-refractivity contribution in [1.82, 2.24) is 15.0 Å². The molecule has 0 fully saturated rings. The van der Waals surface area contributed by atoms with Crippen LogP contribution in [0.4, 0.5) is 11.9 Å². The SMILES string of the molecule is CCOc1ccccc1OCC(C)Nc1ncnc(N)n1. The largest absolute Gasteiger partial charge is 0.490 e. The number of hydrogen-bond acceptors (Lipinski definition) is 7. The molecule has 1 heterocycles. The summed E-state index contributed by atoms with van der Waals surface area (Å²) in [5, 5.41) is 3.10. The molecule has 2 aromatic rings. The predicted molar refractivity (Wildman–Crippen MR) is 80.4 cm³/mol. The summed E-state index contributed by atoms with van der Waals surface area (Å²) >= 11 is 0. The smallest absolute Gasteiger partial charge is 0.227 e. The minimum absolute atomic E-state index is 0.00137. The van der Waals surface area contributed by atoms with E-state index < -0.39 is 0 Å². The first-order valence-electron chi connectivity index (χ1n) is 6.74. The Morgan fingerprint density at radius 3 is 2.57 bits per heavy atom. The number of hydrogen-bond donors (Lipinski definition) is 2. The Kier molecular flexibility index (Phi) is 5.14. The Balaban J connectivity index is 1.90. The average molecular weight is 289 g/mol. The summed E-state index contributed by atoms with van der Waals surface area (Å²) in [7, 11) is 0. The van der Waals surface area contributed by atoms with E-state index in [1.807, 2.05) is 38.1 Å². The van der Waals surface area contributed by atoms with Gasteiger partial charge in [0.2, 0.25) is 11.9 Å². The van der Waals surface area contributed by atoms with Crippen LogP contribution in [-0.4, -0.2) is 34.2 Å². The van der Waals surface area contributed by atoms with Gasteiger partial charge in [0.25, 0.3) is 0 Å². The minimum Gasteiger partial charge on any atom is -0.490 e. The van der Waals surface area contributed by atoms with Gasteiger partial charge in [-0.2, -0.15) is 4.98 Å². The van der Waals surface area contributed by atoms with E-state index in [0.717, 1.165) is 5.75 Å². The van der Waals surface area contributed by atoms with E-state index in [9.17, 15) is 0 Å². The first kappa shape index (κ1) is 14.8. The van der Waals surface area contributed by atoms with Crippen molar-refractivity contribution in [2.24, 2.45) is 0 Å². The predicted octanol–water partition coefficient (Wildman–Crippen LogP) is 1.73. The molecule has 1 atom stereocenters. The van der Waals surface area contributed by atoms with Gasteiger partial charge < -0.3 is 20.5 Å². The highest BCUT2D eigenvalue weighted by molar-refractivity contribution is 5.39. The van der Waals surface area contributed by atoms with E-state index in [2.05, 4.69) is 20.3 Å². The van der Waals surface area contributed by atoms with Crippen LogP contribution in [0.25, 0.3) is 0 Å². The van der Waals surface area contributed by atoms with Crippen LogP contribution < -0.4 is 20.5 Å². The number of benzene rings is 1. The van der Waals surface area contributed by atoms with Crippen LogP contribution in [0, 0.1) is 0 Å². The van der Waals surface area contributed by atoms with Gasteiger partial charge in [-0.15, -0.1) is 0 Å². The molecule has 112 valence electrons. The molecule has 0 amide bonds. The molecule has 21 heavy (non-hydrogen) atoms. The molecule has 0 spiro atoms. The number of ether oxygens (including phenoxy) is 2. The number of anilines is 2. The molecular weight excluding hydrogens is 270 g/mol. The van der Waals surface area contributed by atoms with Gasteiger partial charge in [-0.3, -0.25) is 0 Å². The van der Waals surface area contributed by atoms with Gasteiger partial charge in [0.1, 0.15) is 12.9 Å². The maximum Gasteiger partial charge on any atom is 0.227 e. The van der Waals surface area contributed by atoms with Crippen molar-refractivity contribution < 1.29 is 9.47 Å². The molecule has 7 nitrogen and oxygen atoms in total. The number of rotatable bonds is 7. The quantitative estimate of drug-likeness (QED) is 0.801. The maximum absolute atomic E-state index is 5.76. The molecule has 0 aliphatic heterocycles. The molecule has 1 unspecified atom stereocenters. The topological polar surface area (TPSA) is 95.2 Å². The number of para-hydroxylation sites is 2. The van der Waals surface area contributed by atoms with E-state index >= 15 is 0 Å². The van der Waals surface area contributed by atoms with Gasteiger partial charge in [-0.1, -0.05) is 12.1 Å². The first-order valence-corrected chi connectivity index (χ1v) is 6.74. The van der Waals surface area contributed by atoms with E-state index in [1.54, 1.807) is 0 Å². The Morgan fingerprint density at radius 1 is 1.19 bits per heavy atom. The average Bonchev–Trinajstić information content (AvgIpc) is 2.47. The maximum atomic E-state index is 5.76. The molecule has 0 saturated heterocycles. The highest BCUT2D eigenvalue weighted by Gasteiger charge is 2.08. The van der Waals surface area contributed by atoms with Crippen LogP contribution in [0.3, 0.4) is 0 Å². The summed E-state index contributed by atoms with van der Waals surface area (Å²) in [5.41, 5.74) is 5.50. The Morgan fingerprint density at radius 2 is 1.90 bits per heavy atom. The Bertz CT molecular complexity index is 579. The standard InChI is InChI=1S/C14H19N5O2/c1-3-20-11-6-4-5-7-12(11)21-8-10(2)18-14-17-9-16-13(15)19-14/h4-7,9-10H,3,8H2,1-2H3,(H3,15,16,17,18,19). The normalized spacial score (nSPS) is 11.7. The summed E-state index contributed by atoms with van der Waals surface area (Å²) in [6.45, 7) is 4.93. The van der Waals surface area contributed by atoms with Crippen molar-refractivity contribution >= 4 is 11.9 Å². The van der Waals surface area contributed by atoms with Crippen molar-refractivity contribution in [3.8, 4) is 11.5 Å². The number of aromatic nitrogens is 3. The van der Waals surface area contributed by atoms with Gasteiger partial charge in [-0.05, 0) is 26.0 Å². The van der Waals surface area contributed by atoms with Gasteiger partial charge in [0.15, 0.2) is 11.5 Å². The lowest BCUT2D eigenvalue weighted by Gasteiger charge is -2.16. The highest BCUT2D eigenvalue weighted by Crippen LogP contribution is 2.26. The van der Waals surface area contributed by atoms with Crippen molar-refractivity contribution in [3.05, 3.63) is 30.6 Å². The molecule has 2 rings (SSSR count). The third-order valence-electron chi connectivity index (χ3n) is 2.60. The van der Waals surface area contributed by atoms with Gasteiger partial charge in [0, 0.05) is 0 Å².